The number of carbonyl (C=O) groups is 2. The number of hydrogen-bond acceptors (Lipinski definition) is 2. The van der Waals surface area contributed by atoms with Gasteiger partial charge in [-0.3, -0.25) is 9.59 Å². The number of hydrogen-bond donors (Lipinski definition) is 2. The number of benzene rings is 2. The zero-order chi connectivity index (χ0) is 19.4. The van der Waals surface area contributed by atoms with Crippen LogP contribution in [-0.2, 0) is 0 Å². The fourth-order valence-corrected chi connectivity index (χ4v) is 3.76. The molecule has 27 heavy (non-hydrogen) atoms. The van der Waals surface area contributed by atoms with Crippen LogP contribution in [0.2, 0.25) is 0 Å². The normalized spacial score (nSPS) is 15.9. The van der Waals surface area contributed by atoms with Gasteiger partial charge in [0.15, 0.2) is 0 Å². The summed E-state index contributed by atoms with van der Waals surface area (Å²) in [4.78, 5) is 24.6. The zero-order valence-corrected chi connectivity index (χ0v) is 14.9. The van der Waals surface area contributed by atoms with Gasteiger partial charge in [-0.25, -0.2) is 8.78 Å². The molecule has 0 aliphatic heterocycles. The van der Waals surface area contributed by atoms with Gasteiger partial charge in [0.25, 0.3) is 5.91 Å². The van der Waals surface area contributed by atoms with E-state index in [1.54, 1.807) is 18.2 Å². The number of rotatable bonds is 5. The maximum absolute atomic E-state index is 14.5. The molecule has 0 radical (unpaired) electrons. The van der Waals surface area contributed by atoms with E-state index in [4.69, 9.17) is 5.73 Å². The highest BCUT2D eigenvalue weighted by Crippen LogP contribution is 2.36. The molecule has 3 rings (SSSR count). The Morgan fingerprint density at radius 3 is 2.33 bits per heavy atom. The zero-order valence-electron chi connectivity index (χ0n) is 14.9. The van der Waals surface area contributed by atoms with Crippen molar-refractivity contribution in [3.8, 4) is 0 Å². The third-order valence-corrected chi connectivity index (χ3v) is 5.07. The maximum Gasteiger partial charge on any atom is 0.254 e. The van der Waals surface area contributed by atoms with E-state index < -0.39 is 23.9 Å². The largest absolute Gasteiger partial charge is 0.366 e. The minimum absolute atomic E-state index is 0.0229. The summed E-state index contributed by atoms with van der Waals surface area (Å²) >= 11 is 0. The third kappa shape index (κ3) is 4.15. The molecule has 4 nitrogen and oxygen atoms in total. The molecule has 2 aromatic rings. The van der Waals surface area contributed by atoms with Crippen LogP contribution in [0.1, 0.15) is 76.2 Å². The number of halogens is 2. The quantitative estimate of drug-likeness (QED) is 0.765. The summed E-state index contributed by atoms with van der Waals surface area (Å²) in [7, 11) is 0. The Morgan fingerprint density at radius 1 is 1.00 bits per heavy atom. The molecular formula is C21H22F2N2O2. The monoisotopic (exact) mass is 372 g/mol. The van der Waals surface area contributed by atoms with Crippen LogP contribution < -0.4 is 11.1 Å². The number of carbonyl (C=O) groups excluding carboxylic acids is 2. The summed E-state index contributed by atoms with van der Waals surface area (Å²) < 4.78 is 28.3. The van der Waals surface area contributed by atoms with Crippen molar-refractivity contribution in [3.63, 3.8) is 0 Å². The molecule has 2 aromatic carbocycles. The summed E-state index contributed by atoms with van der Waals surface area (Å²) in [5.74, 6) is -2.01. The highest BCUT2D eigenvalue weighted by Gasteiger charge is 2.27. The molecule has 0 saturated heterocycles. The fourth-order valence-electron chi connectivity index (χ4n) is 3.76. The van der Waals surface area contributed by atoms with Crippen LogP contribution in [0.25, 0.3) is 0 Å². The van der Waals surface area contributed by atoms with Crippen LogP contribution in [0.4, 0.5) is 8.78 Å². The van der Waals surface area contributed by atoms with Gasteiger partial charge in [-0.2, -0.15) is 0 Å². The maximum atomic E-state index is 14.5. The number of nitrogens with two attached hydrogens (primary N) is 1. The van der Waals surface area contributed by atoms with Crippen LogP contribution in [-0.4, -0.2) is 11.8 Å². The Bertz CT molecular complexity index is 848. The van der Waals surface area contributed by atoms with E-state index >= 15 is 0 Å². The minimum atomic E-state index is -1.99. The van der Waals surface area contributed by atoms with Crippen LogP contribution in [0, 0.1) is 5.82 Å². The third-order valence-electron chi connectivity index (χ3n) is 5.07. The van der Waals surface area contributed by atoms with E-state index in [1.165, 1.54) is 18.2 Å². The molecule has 0 bridgehead atoms. The smallest absolute Gasteiger partial charge is 0.254 e. The van der Waals surface area contributed by atoms with Gasteiger partial charge in [0.05, 0.1) is 0 Å². The van der Waals surface area contributed by atoms with E-state index in [2.05, 4.69) is 5.32 Å². The van der Waals surface area contributed by atoms with Crippen LogP contribution >= 0.6 is 0 Å². The van der Waals surface area contributed by atoms with Crippen molar-refractivity contribution in [2.45, 2.75) is 44.3 Å². The second kappa shape index (κ2) is 8.29. The average molecular weight is 372 g/mol. The molecule has 3 N–H and O–H groups in total. The van der Waals surface area contributed by atoms with Gasteiger partial charge >= 0.3 is 0 Å². The van der Waals surface area contributed by atoms with Crippen LogP contribution in [0.15, 0.2) is 42.5 Å². The van der Waals surface area contributed by atoms with Crippen molar-refractivity contribution in [3.05, 3.63) is 70.5 Å². The lowest BCUT2D eigenvalue weighted by atomic mass is 9.79. The lowest BCUT2D eigenvalue weighted by molar-refractivity contribution is 0.0890. The van der Waals surface area contributed by atoms with Gasteiger partial charge in [-0.1, -0.05) is 43.5 Å². The second-order valence-electron chi connectivity index (χ2n) is 6.82. The van der Waals surface area contributed by atoms with Crippen LogP contribution in [0.3, 0.4) is 0 Å². The first-order valence-corrected chi connectivity index (χ1v) is 9.11. The van der Waals surface area contributed by atoms with E-state index in [1.807, 2.05) is 0 Å². The van der Waals surface area contributed by atoms with Gasteiger partial charge in [-0.05, 0) is 42.5 Å². The van der Waals surface area contributed by atoms with Crippen molar-refractivity contribution in [2.75, 3.05) is 0 Å². The van der Waals surface area contributed by atoms with Crippen molar-refractivity contribution >= 4 is 11.8 Å². The number of primary amides is 1. The molecule has 0 aromatic heterocycles. The Morgan fingerprint density at radius 2 is 1.67 bits per heavy atom. The molecule has 1 fully saturated rings. The standard InChI is InChI=1S/C21H22F2N2O2/c22-17-12-5-4-9-14(17)19(23)25-21(27)16-11-6-10-15(20(24)26)18(16)13-7-2-1-3-8-13/h4-6,9-13,19H,1-3,7-8H2,(H2,24,26)(H,25,27). The van der Waals surface area contributed by atoms with Gasteiger partial charge in [0.2, 0.25) is 12.2 Å². The predicted molar refractivity (Wildman–Crippen MR) is 98.5 cm³/mol. The Kier molecular flexibility index (Phi) is 5.84. The molecule has 1 aliphatic rings. The van der Waals surface area contributed by atoms with Gasteiger partial charge in [0.1, 0.15) is 5.82 Å². The molecule has 6 heteroatoms. The topological polar surface area (TPSA) is 72.2 Å². The first-order chi connectivity index (χ1) is 13.0. The predicted octanol–water partition coefficient (Wildman–Crippen LogP) is 4.37. The molecular weight excluding hydrogens is 350 g/mol. The molecule has 0 spiro atoms. The Hall–Kier alpha value is -2.76. The summed E-state index contributed by atoms with van der Waals surface area (Å²) in [5.41, 5.74) is 6.35. The summed E-state index contributed by atoms with van der Waals surface area (Å²) in [5, 5.41) is 2.20. The number of amides is 2. The number of alkyl halides is 1. The van der Waals surface area contributed by atoms with Gasteiger partial charge in [-0.15, -0.1) is 0 Å². The van der Waals surface area contributed by atoms with Gasteiger partial charge in [0, 0.05) is 16.7 Å². The highest BCUT2D eigenvalue weighted by atomic mass is 19.1. The molecule has 1 atom stereocenters. The Balaban J connectivity index is 1.93. The van der Waals surface area contributed by atoms with E-state index in [0.717, 1.165) is 38.2 Å². The SMILES string of the molecule is NC(=O)c1cccc(C(=O)NC(F)c2ccccc2F)c1C1CCCCC1. The van der Waals surface area contributed by atoms with E-state index in [-0.39, 0.29) is 22.6 Å². The van der Waals surface area contributed by atoms with Gasteiger partial charge < -0.3 is 11.1 Å². The van der Waals surface area contributed by atoms with E-state index in [0.29, 0.717) is 5.56 Å². The van der Waals surface area contributed by atoms with Crippen molar-refractivity contribution in [1.29, 1.82) is 0 Å². The van der Waals surface area contributed by atoms with Crippen molar-refractivity contribution in [1.82, 2.24) is 5.32 Å². The molecule has 0 heterocycles. The first-order valence-electron chi connectivity index (χ1n) is 9.11. The van der Waals surface area contributed by atoms with Crippen molar-refractivity contribution < 1.29 is 18.4 Å². The second-order valence-corrected chi connectivity index (χ2v) is 6.82. The first kappa shape index (κ1) is 19.0. The lowest BCUT2D eigenvalue weighted by Gasteiger charge is -2.26. The summed E-state index contributed by atoms with van der Waals surface area (Å²) in [6, 6.07) is 10.1. The highest BCUT2D eigenvalue weighted by molar-refractivity contribution is 6.02. The molecule has 1 aliphatic carbocycles. The summed E-state index contributed by atoms with van der Waals surface area (Å²) in [6.07, 6.45) is 2.81. The average Bonchev–Trinajstić information content (AvgIpc) is 2.68. The summed E-state index contributed by atoms with van der Waals surface area (Å²) in [6.45, 7) is 0. The number of nitrogens with one attached hydrogen (secondary N) is 1. The molecule has 2 amide bonds. The Labute approximate surface area is 156 Å². The molecule has 1 saturated carbocycles. The lowest BCUT2D eigenvalue weighted by Crippen LogP contribution is -2.29. The van der Waals surface area contributed by atoms with E-state index in [9.17, 15) is 18.4 Å². The fraction of sp³-hybridized carbons (Fsp3) is 0.333. The van der Waals surface area contributed by atoms with Crippen LogP contribution in [0.5, 0.6) is 0 Å². The minimum Gasteiger partial charge on any atom is -0.366 e. The molecule has 142 valence electrons. The molecule has 1 unspecified atom stereocenters. The van der Waals surface area contributed by atoms with Crippen molar-refractivity contribution in [2.24, 2.45) is 5.73 Å².